The number of rotatable bonds is 12. The van der Waals surface area contributed by atoms with Crippen molar-refractivity contribution in [1.29, 1.82) is 0 Å². The van der Waals surface area contributed by atoms with Gasteiger partial charge in [0.1, 0.15) is 36.1 Å². The molecule has 6 N–H and O–H groups in total. The second-order valence-electron chi connectivity index (χ2n) is 8.48. The molecule has 1 unspecified atom stereocenters. The standard InChI is InChI=1S/C23H30N6O7S/c1-34-13-5-12(6-14(7-13)35-2)8-25-20-17-21(27-10-26-20)29(11-28-17)22-19(31)18(30)16(36-22)9-37-4-3-15(24)23(32)33/h5-7,10-11,15-16,18-19,22,30-31H,3-4,8-9,24H2,1-2H3,(H,32,33)(H,25,26,27)/t15?,16-,18-,19-,22-/m1/s1. The van der Waals surface area contributed by atoms with Crippen LogP contribution in [0.3, 0.4) is 0 Å². The summed E-state index contributed by atoms with van der Waals surface area (Å²) < 4.78 is 18.2. The van der Waals surface area contributed by atoms with Gasteiger partial charge in [0.15, 0.2) is 23.2 Å². The number of aliphatic carboxylic acids is 1. The van der Waals surface area contributed by atoms with Crippen molar-refractivity contribution in [3.8, 4) is 11.5 Å². The smallest absolute Gasteiger partial charge is 0.320 e. The van der Waals surface area contributed by atoms with Crippen LogP contribution in [0.25, 0.3) is 11.2 Å². The van der Waals surface area contributed by atoms with E-state index < -0.39 is 36.6 Å². The van der Waals surface area contributed by atoms with Crippen LogP contribution in [0.4, 0.5) is 5.82 Å². The van der Waals surface area contributed by atoms with Gasteiger partial charge in [0.2, 0.25) is 0 Å². The molecule has 1 aliphatic heterocycles. The van der Waals surface area contributed by atoms with E-state index >= 15 is 0 Å². The van der Waals surface area contributed by atoms with Gasteiger partial charge in [-0.1, -0.05) is 0 Å². The van der Waals surface area contributed by atoms with E-state index in [1.807, 2.05) is 12.1 Å². The number of anilines is 1. The number of aliphatic hydroxyl groups is 2. The van der Waals surface area contributed by atoms with Crippen molar-refractivity contribution in [2.75, 3.05) is 31.0 Å². The molecule has 0 bridgehead atoms. The number of carboxylic acids is 1. The maximum Gasteiger partial charge on any atom is 0.320 e. The van der Waals surface area contributed by atoms with Gasteiger partial charge in [-0.3, -0.25) is 9.36 Å². The number of thioether (sulfide) groups is 1. The third-order valence-corrected chi connectivity index (χ3v) is 7.10. The first-order valence-corrected chi connectivity index (χ1v) is 12.7. The number of nitrogens with two attached hydrogens (primary N) is 1. The van der Waals surface area contributed by atoms with Crippen molar-refractivity contribution in [3.05, 3.63) is 36.4 Å². The molecular weight excluding hydrogens is 504 g/mol. The van der Waals surface area contributed by atoms with E-state index in [2.05, 4.69) is 20.3 Å². The molecule has 0 saturated carbocycles. The van der Waals surface area contributed by atoms with E-state index in [0.717, 1.165) is 5.56 Å². The lowest BCUT2D eigenvalue weighted by atomic mass is 10.1. The molecule has 37 heavy (non-hydrogen) atoms. The molecule has 3 heterocycles. The summed E-state index contributed by atoms with van der Waals surface area (Å²) in [6.07, 6.45) is -0.753. The Bertz CT molecular complexity index is 1210. The Morgan fingerprint density at radius 3 is 2.59 bits per heavy atom. The maximum absolute atomic E-state index is 10.8. The van der Waals surface area contributed by atoms with Gasteiger partial charge in [-0.2, -0.15) is 11.8 Å². The molecular formula is C23H30N6O7S. The summed E-state index contributed by atoms with van der Waals surface area (Å²) in [6, 6.07) is 4.60. The largest absolute Gasteiger partial charge is 0.497 e. The monoisotopic (exact) mass is 534 g/mol. The fourth-order valence-electron chi connectivity index (χ4n) is 3.95. The summed E-state index contributed by atoms with van der Waals surface area (Å²) >= 11 is 1.40. The van der Waals surface area contributed by atoms with E-state index in [1.165, 1.54) is 24.4 Å². The first-order chi connectivity index (χ1) is 17.8. The number of ether oxygens (including phenoxy) is 3. The van der Waals surface area contributed by atoms with Gasteiger partial charge in [-0.05, 0) is 29.9 Å². The Morgan fingerprint density at radius 1 is 1.19 bits per heavy atom. The average Bonchev–Trinajstić information content (AvgIpc) is 3.45. The van der Waals surface area contributed by atoms with Crippen LogP contribution in [0.15, 0.2) is 30.9 Å². The number of aliphatic hydroxyl groups excluding tert-OH is 2. The highest BCUT2D eigenvalue weighted by Gasteiger charge is 2.44. The number of carboxylic acid groups (broad SMARTS) is 1. The minimum atomic E-state index is -1.21. The molecule has 4 rings (SSSR count). The molecule has 13 nitrogen and oxygen atoms in total. The number of carbonyl (C=O) groups is 1. The van der Waals surface area contributed by atoms with Gasteiger partial charge >= 0.3 is 5.97 Å². The molecule has 1 saturated heterocycles. The second-order valence-corrected chi connectivity index (χ2v) is 9.63. The molecule has 1 fully saturated rings. The molecule has 14 heteroatoms. The first-order valence-electron chi connectivity index (χ1n) is 11.5. The average molecular weight is 535 g/mol. The molecule has 0 radical (unpaired) electrons. The third kappa shape index (κ3) is 6.05. The molecule has 0 amide bonds. The molecule has 0 spiro atoms. The highest BCUT2D eigenvalue weighted by atomic mass is 32.2. The number of imidazole rings is 1. The minimum absolute atomic E-state index is 0.288. The van der Waals surface area contributed by atoms with Crippen LogP contribution in [0.5, 0.6) is 11.5 Å². The van der Waals surface area contributed by atoms with Crippen LogP contribution in [-0.2, 0) is 16.1 Å². The number of methoxy groups -OCH3 is 2. The van der Waals surface area contributed by atoms with Gasteiger partial charge in [0.25, 0.3) is 0 Å². The molecule has 0 aliphatic carbocycles. The van der Waals surface area contributed by atoms with Gasteiger partial charge in [0.05, 0.1) is 26.7 Å². The van der Waals surface area contributed by atoms with Gasteiger partial charge in [-0.25, -0.2) is 15.0 Å². The van der Waals surface area contributed by atoms with Crippen molar-refractivity contribution < 1.29 is 34.3 Å². The summed E-state index contributed by atoms with van der Waals surface area (Å²) in [5.74, 6) is 1.60. The zero-order valence-corrected chi connectivity index (χ0v) is 21.2. The predicted octanol–water partition coefficient (Wildman–Crippen LogP) is 0.610. The van der Waals surface area contributed by atoms with Crippen LogP contribution in [0.1, 0.15) is 18.2 Å². The van der Waals surface area contributed by atoms with Crippen molar-refractivity contribution in [2.45, 2.75) is 43.5 Å². The lowest BCUT2D eigenvalue weighted by Crippen LogP contribution is -2.33. The van der Waals surface area contributed by atoms with E-state index in [9.17, 15) is 15.0 Å². The fraction of sp³-hybridized carbons (Fsp3) is 0.478. The Kier molecular flexibility index (Phi) is 8.66. The minimum Gasteiger partial charge on any atom is -0.497 e. The van der Waals surface area contributed by atoms with Crippen molar-refractivity contribution >= 4 is 34.7 Å². The maximum atomic E-state index is 10.8. The zero-order valence-electron chi connectivity index (χ0n) is 20.4. The summed E-state index contributed by atoms with van der Waals surface area (Å²) in [5, 5.41) is 33.4. The van der Waals surface area contributed by atoms with Crippen LogP contribution in [0.2, 0.25) is 0 Å². The SMILES string of the molecule is COc1cc(CNc2ncnc3c2ncn3[C@@H]2O[C@H](CSCCC(N)C(=O)O)[C@@H](O)[C@H]2O)cc(OC)c1. The molecule has 1 aromatic carbocycles. The number of fused-ring (bicyclic) bond motifs is 1. The van der Waals surface area contributed by atoms with Crippen LogP contribution < -0.4 is 20.5 Å². The van der Waals surface area contributed by atoms with E-state index in [4.69, 9.17) is 25.1 Å². The Balaban J connectivity index is 1.44. The Hall–Kier alpha value is -3.17. The van der Waals surface area contributed by atoms with Crippen LogP contribution in [0, 0.1) is 0 Å². The van der Waals surface area contributed by atoms with Crippen molar-refractivity contribution in [3.63, 3.8) is 0 Å². The Labute approximate surface area is 217 Å². The molecule has 5 atom stereocenters. The van der Waals surface area contributed by atoms with Crippen molar-refractivity contribution in [1.82, 2.24) is 19.5 Å². The second kappa shape index (κ2) is 11.9. The van der Waals surface area contributed by atoms with E-state index in [1.54, 1.807) is 24.9 Å². The molecule has 2 aromatic heterocycles. The van der Waals surface area contributed by atoms with Crippen LogP contribution >= 0.6 is 11.8 Å². The van der Waals surface area contributed by atoms with E-state index in [0.29, 0.717) is 46.5 Å². The zero-order chi connectivity index (χ0) is 26.5. The topological polar surface area (TPSA) is 187 Å². The predicted molar refractivity (Wildman–Crippen MR) is 136 cm³/mol. The fourth-order valence-corrected chi connectivity index (χ4v) is 5.05. The van der Waals surface area contributed by atoms with Gasteiger partial charge < -0.3 is 40.6 Å². The van der Waals surface area contributed by atoms with Gasteiger partial charge in [0, 0.05) is 18.4 Å². The third-order valence-electron chi connectivity index (χ3n) is 6.01. The molecule has 200 valence electrons. The normalized spacial score (nSPS) is 22.2. The number of nitrogens with zero attached hydrogens (tertiary/aromatic N) is 4. The number of hydrogen-bond donors (Lipinski definition) is 5. The highest BCUT2D eigenvalue weighted by molar-refractivity contribution is 7.99. The van der Waals surface area contributed by atoms with Gasteiger partial charge in [-0.15, -0.1) is 0 Å². The number of nitrogens with one attached hydrogen (secondary N) is 1. The van der Waals surface area contributed by atoms with E-state index in [-0.39, 0.29) is 6.42 Å². The first kappa shape index (κ1) is 26.9. The summed E-state index contributed by atoms with van der Waals surface area (Å²) in [4.78, 5) is 23.9. The lowest BCUT2D eigenvalue weighted by Gasteiger charge is -2.16. The van der Waals surface area contributed by atoms with Crippen molar-refractivity contribution in [2.24, 2.45) is 5.73 Å². The summed E-state index contributed by atoms with van der Waals surface area (Å²) in [6.45, 7) is 0.415. The molecule has 1 aliphatic rings. The summed E-state index contributed by atoms with van der Waals surface area (Å²) in [5.41, 5.74) is 7.33. The van der Waals surface area contributed by atoms with Crippen LogP contribution in [-0.4, -0.2) is 90.9 Å². The number of benzene rings is 1. The highest BCUT2D eigenvalue weighted by Crippen LogP contribution is 2.34. The quantitative estimate of drug-likeness (QED) is 0.204. The Morgan fingerprint density at radius 2 is 1.92 bits per heavy atom. The number of aromatic nitrogens is 4. The number of hydrogen-bond acceptors (Lipinski definition) is 12. The lowest BCUT2D eigenvalue weighted by molar-refractivity contribution is -0.138. The summed E-state index contributed by atoms with van der Waals surface area (Å²) in [7, 11) is 3.17. The molecule has 3 aromatic rings.